The minimum absolute atomic E-state index is 0.421. The van der Waals surface area contributed by atoms with Crippen molar-refractivity contribution < 1.29 is 14.2 Å². The fourth-order valence-electron chi connectivity index (χ4n) is 1.82. The molecule has 0 saturated heterocycles. The molecule has 1 N–H and O–H groups in total. The third-order valence-electron chi connectivity index (χ3n) is 2.89. The van der Waals surface area contributed by atoms with E-state index in [0.717, 1.165) is 25.1 Å². The number of rotatable bonds is 10. The van der Waals surface area contributed by atoms with Crippen LogP contribution >= 0.6 is 11.6 Å². The lowest BCUT2D eigenvalue weighted by Gasteiger charge is -2.15. The lowest BCUT2D eigenvalue weighted by molar-refractivity contribution is 0.130. The van der Waals surface area contributed by atoms with Gasteiger partial charge in [0.1, 0.15) is 0 Å². The quantitative estimate of drug-likeness (QED) is 0.669. The third-order valence-corrected chi connectivity index (χ3v) is 3.17. The number of benzene rings is 1. The molecule has 0 aromatic heterocycles. The zero-order chi connectivity index (χ0) is 15.7. The number of nitrogens with one attached hydrogen (secondary N) is 1. The number of hydrogen-bond acceptors (Lipinski definition) is 4. The average molecular weight is 316 g/mol. The summed E-state index contributed by atoms with van der Waals surface area (Å²) in [6.45, 7) is 8.90. The molecule has 1 aromatic carbocycles. The standard InChI is InChI=1S/C16H26ClNO3/c1-5-20-7-6-8-21-16-14(17)9-13(10-15(16)19-4)11-18-12(2)3/h9-10,12,18H,5-8,11H2,1-4H3. The highest BCUT2D eigenvalue weighted by Crippen LogP contribution is 2.36. The first kappa shape index (κ1) is 18.1. The smallest absolute Gasteiger partial charge is 0.179 e. The van der Waals surface area contributed by atoms with E-state index >= 15 is 0 Å². The van der Waals surface area contributed by atoms with E-state index in [1.54, 1.807) is 7.11 Å². The second kappa shape index (κ2) is 9.87. The average Bonchev–Trinajstić information content (AvgIpc) is 2.46. The van der Waals surface area contributed by atoms with Gasteiger partial charge in [-0.1, -0.05) is 25.4 Å². The van der Waals surface area contributed by atoms with Gasteiger partial charge in [-0.2, -0.15) is 0 Å². The Morgan fingerprint density at radius 2 is 2.00 bits per heavy atom. The van der Waals surface area contributed by atoms with Gasteiger partial charge in [0.25, 0.3) is 0 Å². The van der Waals surface area contributed by atoms with Gasteiger partial charge in [0.15, 0.2) is 11.5 Å². The summed E-state index contributed by atoms with van der Waals surface area (Å²) in [5.74, 6) is 1.27. The summed E-state index contributed by atoms with van der Waals surface area (Å²) in [6.07, 6.45) is 0.823. The molecule has 21 heavy (non-hydrogen) atoms. The summed E-state index contributed by atoms with van der Waals surface area (Å²) in [7, 11) is 1.62. The van der Waals surface area contributed by atoms with Crippen molar-refractivity contribution in [2.45, 2.75) is 39.8 Å². The molecule has 0 spiro atoms. The van der Waals surface area contributed by atoms with Crippen LogP contribution in [0.5, 0.6) is 11.5 Å². The summed E-state index contributed by atoms with van der Waals surface area (Å²) in [4.78, 5) is 0. The molecule has 0 fully saturated rings. The molecular weight excluding hydrogens is 290 g/mol. The maximum absolute atomic E-state index is 6.30. The van der Waals surface area contributed by atoms with Gasteiger partial charge < -0.3 is 19.5 Å². The number of methoxy groups -OCH3 is 1. The highest BCUT2D eigenvalue weighted by atomic mass is 35.5. The molecule has 5 heteroatoms. The van der Waals surface area contributed by atoms with Crippen molar-refractivity contribution in [3.8, 4) is 11.5 Å². The molecule has 0 unspecified atom stereocenters. The molecule has 1 aromatic rings. The highest BCUT2D eigenvalue weighted by Gasteiger charge is 2.12. The SMILES string of the molecule is CCOCCCOc1c(Cl)cc(CNC(C)C)cc1OC. The molecule has 0 amide bonds. The Morgan fingerprint density at radius 3 is 2.62 bits per heavy atom. The van der Waals surface area contributed by atoms with Gasteiger partial charge in [0, 0.05) is 32.2 Å². The Labute approximate surface area is 132 Å². The van der Waals surface area contributed by atoms with Gasteiger partial charge in [0.05, 0.1) is 18.7 Å². The maximum atomic E-state index is 6.30. The van der Waals surface area contributed by atoms with Crippen molar-refractivity contribution in [1.82, 2.24) is 5.32 Å². The molecule has 0 heterocycles. The number of halogens is 1. The van der Waals surface area contributed by atoms with E-state index in [4.69, 9.17) is 25.8 Å². The van der Waals surface area contributed by atoms with Gasteiger partial charge in [-0.25, -0.2) is 0 Å². The van der Waals surface area contributed by atoms with Crippen LogP contribution in [-0.4, -0.2) is 33.0 Å². The Morgan fingerprint density at radius 1 is 1.24 bits per heavy atom. The monoisotopic (exact) mass is 315 g/mol. The van der Waals surface area contributed by atoms with E-state index in [9.17, 15) is 0 Å². The topological polar surface area (TPSA) is 39.7 Å². The van der Waals surface area contributed by atoms with Gasteiger partial charge in [-0.15, -0.1) is 0 Å². The maximum Gasteiger partial charge on any atom is 0.179 e. The van der Waals surface area contributed by atoms with Gasteiger partial charge in [-0.3, -0.25) is 0 Å². The summed E-state index contributed by atoms with van der Waals surface area (Å²) < 4.78 is 16.4. The minimum atomic E-state index is 0.421. The Bertz CT molecular complexity index is 424. The van der Waals surface area contributed by atoms with Crippen LogP contribution in [0.3, 0.4) is 0 Å². The first-order valence-corrected chi connectivity index (χ1v) is 7.76. The predicted octanol–water partition coefficient (Wildman–Crippen LogP) is 3.65. The molecule has 0 atom stereocenters. The van der Waals surface area contributed by atoms with E-state index in [2.05, 4.69) is 19.2 Å². The molecule has 120 valence electrons. The van der Waals surface area contributed by atoms with Crippen molar-refractivity contribution in [2.75, 3.05) is 26.9 Å². The van der Waals surface area contributed by atoms with E-state index in [0.29, 0.717) is 35.8 Å². The van der Waals surface area contributed by atoms with Crippen LogP contribution in [0.2, 0.25) is 5.02 Å². The van der Waals surface area contributed by atoms with Crippen LogP contribution in [0.1, 0.15) is 32.8 Å². The summed E-state index contributed by atoms with van der Waals surface area (Å²) in [5.41, 5.74) is 1.08. The molecule has 0 aliphatic rings. The zero-order valence-electron chi connectivity index (χ0n) is 13.4. The number of hydrogen-bond donors (Lipinski definition) is 1. The summed E-state index contributed by atoms with van der Waals surface area (Å²) >= 11 is 6.30. The van der Waals surface area contributed by atoms with Crippen LogP contribution in [0, 0.1) is 0 Å². The molecule has 0 saturated carbocycles. The largest absolute Gasteiger partial charge is 0.493 e. The second-order valence-electron chi connectivity index (χ2n) is 5.04. The lowest BCUT2D eigenvalue weighted by Crippen LogP contribution is -2.21. The Balaban J connectivity index is 2.66. The molecule has 0 radical (unpaired) electrons. The normalized spacial score (nSPS) is 11.0. The van der Waals surface area contributed by atoms with Gasteiger partial charge >= 0.3 is 0 Å². The minimum Gasteiger partial charge on any atom is -0.493 e. The van der Waals surface area contributed by atoms with Crippen molar-refractivity contribution in [1.29, 1.82) is 0 Å². The number of ether oxygens (including phenoxy) is 3. The fourth-order valence-corrected chi connectivity index (χ4v) is 2.10. The predicted molar refractivity (Wildman–Crippen MR) is 86.6 cm³/mol. The van der Waals surface area contributed by atoms with Gasteiger partial charge in [-0.05, 0) is 24.6 Å². The van der Waals surface area contributed by atoms with Crippen molar-refractivity contribution in [2.24, 2.45) is 0 Å². The van der Waals surface area contributed by atoms with Crippen molar-refractivity contribution >= 4 is 11.6 Å². The van der Waals surface area contributed by atoms with E-state index in [1.807, 2.05) is 19.1 Å². The van der Waals surface area contributed by atoms with Crippen molar-refractivity contribution in [3.63, 3.8) is 0 Å². The Kier molecular flexibility index (Phi) is 8.50. The van der Waals surface area contributed by atoms with Crippen LogP contribution < -0.4 is 14.8 Å². The van der Waals surface area contributed by atoms with Crippen LogP contribution in [0.15, 0.2) is 12.1 Å². The van der Waals surface area contributed by atoms with Crippen molar-refractivity contribution in [3.05, 3.63) is 22.7 Å². The fraction of sp³-hybridized carbons (Fsp3) is 0.625. The Hall–Kier alpha value is -0.970. The molecule has 0 aliphatic carbocycles. The first-order valence-electron chi connectivity index (χ1n) is 7.38. The molecular formula is C16H26ClNO3. The van der Waals surface area contributed by atoms with E-state index in [-0.39, 0.29) is 0 Å². The van der Waals surface area contributed by atoms with Crippen LogP contribution in [0.4, 0.5) is 0 Å². The summed E-state index contributed by atoms with van der Waals surface area (Å²) in [6, 6.07) is 4.29. The lowest BCUT2D eigenvalue weighted by atomic mass is 10.2. The molecule has 1 rings (SSSR count). The highest BCUT2D eigenvalue weighted by molar-refractivity contribution is 6.32. The third kappa shape index (κ3) is 6.55. The van der Waals surface area contributed by atoms with E-state index < -0.39 is 0 Å². The second-order valence-corrected chi connectivity index (χ2v) is 5.45. The molecule has 4 nitrogen and oxygen atoms in total. The van der Waals surface area contributed by atoms with Crippen LogP contribution in [-0.2, 0) is 11.3 Å². The molecule has 0 bridgehead atoms. The zero-order valence-corrected chi connectivity index (χ0v) is 14.1. The molecule has 0 aliphatic heterocycles. The first-order chi connectivity index (χ1) is 10.1. The van der Waals surface area contributed by atoms with E-state index in [1.165, 1.54) is 0 Å². The van der Waals surface area contributed by atoms with Gasteiger partial charge in [0.2, 0.25) is 0 Å². The summed E-state index contributed by atoms with van der Waals surface area (Å²) in [5, 5.41) is 3.93. The van der Waals surface area contributed by atoms with Crippen LogP contribution in [0.25, 0.3) is 0 Å².